The van der Waals surface area contributed by atoms with Crippen molar-refractivity contribution in [1.82, 2.24) is 10.0 Å². The van der Waals surface area contributed by atoms with Crippen LogP contribution in [0, 0.1) is 5.92 Å². The maximum absolute atomic E-state index is 12.2. The first kappa shape index (κ1) is 13.4. The third-order valence-electron chi connectivity index (χ3n) is 2.83. The second-order valence-corrected chi connectivity index (χ2v) is 5.19. The van der Waals surface area contributed by atoms with Crippen LogP contribution in [-0.2, 0) is 9.59 Å². The molecular formula is C11H20N2O2S. The van der Waals surface area contributed by atoms with Gasteiger partial charge in [-0.05, 0) is 19.6 Å². The molecule has 0 aromatic heterocycles. The van der Waals surface area contributed by atoms with E-state index < -0.39 is 0 Å². The van der Waals surface area contributed by atoms with E-state index in [1.165, 1.54) is 0 Å². The Kier molecular flexibility index (Phi) is 4.65. The SMILES string of the molecule is CCSC1C(=O)N(CC)N(CC)C(=O)C1C. The second kappa shape index (κ2) is 5.57. The lowest BCUT2D eigenvalue weighted by Crippen LogP contribution is -2.61. The summed E-state index contributed by atoms with van der Waals surface area (Å²) in [5.41, 5.74) is 0. The number of thioether (sulfide) groups is 1. The summed E-state index contributed by atoms with van der Waals surface area (Å²) in [7, 11) is 0. The third kappa shape index (κ3) is 2.19. The first-order valence-electron chi connectivity index (χ1n) is 5.82. The Morgan fingerprint density at radius 2 is 1.56 bits per heavy atom. The van der Waals surface area contributed by atoms with E-state index in [4.69, 9.17) is 0 Å². The van der Waals surface area contributed by atoms with Crippen LogP contribution < -0.4 is 0 Å². The zero-order valence-electron chi connectivity index (χ0n) is 10.4. The maximum Gasteiger partial charge on any atom is 0.255 e. The molecule has 1 aliphatic rings. The Hall–Kier alpha value is -0.710. The molecule has 0 saturated carbocycles. The summed E-state index contributed by atoms with van der Waals surface area (Å²) in [4.78, 5) is 24.3. The quantitative estimate of drug-likeness (QED) is 0.750. The summed E-state index contributed by atoms with van der Waals surface area (Å²) in [6, 6.07) is 0. The lowest BCUT2D eigenvalue weighted by Gasteiger charge is -2.43. The molecule has 92 valence electrons. The van der Waals surface area contributed by atoms with Gasteiger partial charge in [0.15, 0.2) is 0 Å². The molecule has 0 aromatic carbocycles. The molecule has 2 amide bonds. The second-order valence-electron chi connectivity index (χ2n) is 3.77. The Labute approximate surface area is 101 Å². The molecule has 16 heavy (non-hydrogen) atoms. The van der Waals surface area contributed by atoms with Gasteiger partial charge >= 0.3 is 0 Å². The van der Waals surface area contributed by atoms with Crippen molar-refractivity contribution in [3.05, 3.63) is 0 Å². The van der Waals surface area contributed by atoms with Gasteiger partial charge in [-0.1, -0.05) is 13.8 Å². The molecule has 0 bridgehead atoms. The Morgan fingerprint density at radius 1 is 1.06 bits per heavy atom. The standard InChI is InChI=1S/C11H20N2O2S/c1-5-12-10(14)8(4)9(16-7-3)11(15)13(12)6-2/h8-9H,5-7H2,1-4H3. The average Bonchev–Trinajstić information content (AvgIpc) is 2.29. The van der Waals surface area contributed by atoms with Crippen LogP contribution in [0.25, 0.3) is 0 Å². The van der Waals surface area contributed by atoms with Gasteiger partial charge in [-0.3, -0.25) is 19.6 Å². The van der Waals surface area contributed by atoms with Crippen LogP contribution in [0.5, 0.6) is 0 Å². The van der Waals surface area contributed by atoms with Crippen molar-refractivity contribution in [1.29, 1.82) is 0 Å². The molecule has 2 unspecified atom stereocenters. The highest BCUT2D eigenvalue weighted by Gasteiger charge is 2.42. The molecule has 4 nitrogen and oxygen atoms in total. The van der Waals surface area contributed by atoms with E-state index in [2.05, 4.69) is 0 Å². The smallest absolute Gasteiger partial charge is 0.255 e. The Balaban J connectivity index is 2.94. The van der Waals surface area contributed by atoms with Gasteiger partial charge in [0.2, 0.25) is 5.91 Å². The fourth-order valence-corrected chi connectivity index (χ4v) is 3.04. The molecule has 0 spiro atoms. The molecule has 1 fully saturated rings. The molecule has 1 aliphatic heterocycles. The number of amides is 2. The van der Waals surface area contributed by atoms with Crippen LogP contribution in [0.2, 0.25) is 0 Å². The Morgan fingerprint density at radius 3 is 2.00 bits per heavy atom. The lowest BCUT2D eigenvalue weighted by molar-refractivity contribution is -0.173. The monoisotopic (exact) mass is 244 g/mol. The van der Waals surface area contributed by atoms with Crippen molar-refractivity contribution in [2.75, 3.05) is 18.8 Å². The highest BCUT2D eigenvalue weighted by Crippen LogP contribution is 2.28. The van der Waals surface area contributed by atoms with Crippen molar-refractivity contribution in [2.24, 2.45) is 5.92 Å². The minimum Gasteiger partial charge on any atom is -0.273 e. The van der Waals surface area contributed by atoms with Gasteiger partial charge < -0.3 is 0 Å². The molecule has 1 saturated heterocycles. The minimum atomic E-state index is -0.208. The van der Waals surface area contributed by atoms with Crippen molar-refractivity contribution in [2.45, 2.75) is 32.9 Å². The first-order valence-corrected chi connectivity index (χ1v) is 6.87. The van der Waals surface area contributed by atoms with E-state index in [9.17, 15) is 9.59 Å². The van der Waals surface area contributed by atoms with Gasteiger partial charge in [0.05, 0.1) is 11.2 Å². The fraction of sp³-hybridized carbons (Fsp3) is 0.818. The van der Waals surface area contributed by atoms with Gasteiger partial charge in [-0.25, -0.2) is 0 Å². The van der Waals surface area contributed by atoms with Gasteiger partial charge in [-0.15, -0.1) is 11.8 Å². The van der Waals surface area contributed by atoms with Crippen LogP contribution >= 0.6 is 11.8 Å². The zero-order valence-corrected chi connectivity index (χ0v) is 11.2. The highest BCUT2D eigenvalue weighted by atomic mass is 32.2. The predicted octanol–water partition coefficient (Wildman–Crippen LogP) is 1.37. The number of nitrogens with zero attached hydrogens (tertiary/aromatic N) is 2. The molecular weight excluding hydrogens is 224 g/mol. The van der Waals surface area contributed by atoms with Crippen LogP contribution in [0.15, 0.2) is 0 Å². The number of hydrogen-bond acceptors (Lipinski definition) is 3. The molecule has 2 atom stereocenters. The summed E-state index contributed by atoms with van der Waals surface area (Å²) in [6.07, 6.45) is 0. The summed E-state index contributed by atoms with van der Waals surface area (Å²) in [5, 5.41) is 2.94. The van der Waals surface area contributed by atoms with Crippen molar-refractivity contribution in [3.63, 3.8) is 0 Å². The van der Waals surface area contributed by atoms with E-state index in [1.807, 2.05) is 27.7 Å². The summed E-state index contributed by atoms with van der Waals surface area (Å²) in [5.74, 6) is 0.788. The van der Waals surface area contributed by atoms with E-state index in [1.54, 1.807) is 21.8 Å². The van der Waals surface area contributed by atoms with Gasteiger partial charge in [0.25, 0.3) is 5.91 Å². The molecule has 1 heterocycles. The van der Waals surface area contributed by atoms with E-state index in [0.717, 1.165) is 5.75 Å². The molecule has 0 radical (unpaired) electrons. The van der Waals surface area contributed by atoms with Crippen LogP contribution in [0.4, 0.5) is 0 Å². The van der Waals surface area contributed by atoms with E-state index in [0.29, 0.717) is 13.1 Å². The number of hydrogen-bond donors (Lipinski definition) is 0. The van der Waals surface area contributed by atoms with Gasteiger partial charge in [-0.2, -0.15) is 0 Å². The average molecular weight is 244 g/mol. The number of rotatable bonds is 4. The maximum atomic E-state index is 12.2. The largest absolute Gasteiger partial charge is 0.273 e. The van der Waals surface area contributed by atoms with Crippen molar-refractivity contribution < 1.29 is 9.59 Å². The molecule has 5 heteroatoms. The van der Waals surface area contributed by atoms with Crippen LogP contribution in [0.3, 0.4) is 0 Å². The normalized spacial score (nSPS) is 26.5. The number of carbonyl (C=O) groups excluding carboxylic acids is 2. The minimum absolute atomic E-state index is 0.0647. The highest BCUT2D eigenvalue weighted by molar-refractivity contribution is 8.00. The summed E-state index contributed by atoms with van der Waals surface area (Å²) >= 11 is 1.57. The molecule has 0 N–H and O–H groups in total. The predicted molar refractivity (Wildman–Crippen MR) is 65.9 cm³/mol. The van der Waals surface area contributed by atoms with Crippen molar-refractivity contribution >= 4 is 23.6 Å². The number of carbonyl (C=O) groups is 2. The fourth-order valence-electron chi connectivity index (χ4n) is 2.01. The first-order chi connectivity index (χ1) is 7.58. The van der Waals surface area contributed by atoms with Gasteiger partial charge in [0.1, 0.15) is 0 Å². The lowest BCUT2D eigenvalue weighted by atomic mass is 10.0. The van der Waals surface area contributed by atoms with Crippen LogP contribution in [-0.4, -0.2) is 45.9 Å². The number of hydrazine groups is 1. The molecule has 1 rings (SSSR count). The zero-order chi connectivity index (χ0) is 12.3. The third-order valence-corrected chi connectivity index (χ3v) is 4.13. The topological polar surface area (TPSA) is 40.6 Å². The van der Waals surface area contributed by atoms with Crippen LogP contribution in [0.1, 0.15) is 27.7 Å². The molecule has 0 aromatic rings. The Bertz CT molecular complexity index is 279. The summed E-state index contributed by atoms with van der Waals surface area (Å²) in [6.45, 7) is 8.78. The molecule has 0 aliphatic carbocycles. The van der Waals surface area contributed by atoms with Gasteiger partial charge in [0, 0.05) is 13.1 Å². The van der Waals surface area contributed by atoms with E-state index >= 15 is 0 Å². The van der Waals surface area contributed by atoms with Crippen molar-refractivity contribution in [3.8, 4) is 0 Å². The van der Waals surface area contributed by atoms with E-state index in [-0.39, 0.29) is 23.0 Å². The summed E-state index contributed by atoms with van der Waals surface area (Å²) < 4.78 is 0.